The summed E-state index contributed by atoms with van der Waals surface area (Å²) in [7, 11) is 1.33. The third-order valence-electron chi connectivity index (χ3n) is 5.60. The van der Waals surface area contributed by atoms with Crippen molar-refractivity contribution in [2.24, 2.45) is 5.73 Å². The molecule has 2 heterocycles. The number of nitrogens with two attached hydrogens (primary N) is 1. The summed E-state index contributed by atoms with van der Waals surface area (Å²) < 4.78 is 34.4. The molecule has 2 atom stereocenters. The van der Waals surface area contributed by atoms with Crippen LogP contribution in [0.4, 0.5) is 20.2 Å². The van der Waals surface area contributed by atoms with Crippen LogP contribution in [0.3, 0.4) is 0 Å². The van der Waals surface area contributed by atoms with Crippen LogP contribution in [0.25, 0.3) is 5.69 Å². The summed E-state index contributed by atoms with van der Waals surface area (Å²) in [6.45, 7) is 2.54. The van der Waals surface area contributed by atoms with Gasteiger partial charge in [0.05, 0.1) is 18.5 Å². The first-order chi connectivity index (χ1) is 15.8. The molecule has 0 spiro atoms. The van der Waals surface area contributed by atoms with Gasteiger partial charge in [-0.2, -0.15) is 9.78 Å². The highest BCUT2D eigenvalue weighted by atomic mass is 19.1. The molecule has 1 fully saturated rings. The molecule has 2 aromatic carbocycles. The van der Waals surface area contributed by atoms with Crippen molar-refractivity contribution in [3.63, 3.8) is 0 Å². The number of hydrogen-bond donors (Lipinski definition) is 2. The number of amides is 1. The smallest absolute Gasteiger partial charge is 0.284 e. The number of hydrogen-bond acceptors (Lipinski definition) is 6. The van der Waals surface area contributed by atoms with Gasteiger partial charge < -0.3 is 20.7 Å². The van der Waals surface area contributed by atoms with Gasteiger partial charge in [-0.25, -0.2) is 8.78 Å². The van der Waals surface area contributed by atoms with Crippen molar-refractivity contribution in [3.05, 3.63) is 76.2 Å². The van der Waals surface area contributed by atoms with Gasteiger partial charge in [0.25, 0.3) is 11.5 Å². The maximum absolute atomic E-state index is 14.5. The highest BCUT2D eigenvalue weighted by Gasteiger charge is 2.29. The zero-order valence-corrected chi connectivity index (χ0v) is 18.1. The van der Waals surface area contributed by atoms with E-state index in [2.05, 4.69) is 10.4 Å². The zero-order chi connectivity index (χ0) is 23.7. The number of halogens is 2. The third-order valence-corrected chi connectivity index (χ3v) is 5.60. The van der Waals surface area contributed by atoms with E-state index in [0.29, 0.717) is 12.2 Å². The van der Waals surface area contributed by atoms with Gasteiger partial charge in [-0.15, -0.1) is 0 Å². The van der Waals surface area contributed by atoms with Crippen molar-refractivity contribution in [1.82, 2.24) is 9.78 Å². The highest BCUT2D eigenvalue weighted by molar-refractivity contribution is 6.05. The van der Waals surface area contributed by atoms with E-state index in [4.69, 9.17) is 10.5 Å². The van der Waals surface area contributed by atoms with E-state index in [1.165, 1.54) is 43.6 Å². The van der Waals surface area contributed by atoms with E-state index in [-0.39, 0.29) is 34.8 Å². The van der Waals surface area contributed by atoms with E-state index in [9.17, 15) is 18.4 Å². The molecule has 33 heavy (non-hydrogen) atoms. The number of nitrogens with one attached hydrogen (secondary N) is 1. The number of benzene rings is 2. The Bertz CT molecular complexity index is 1260. The monoisotopic (exact) mass is 455 g/mol. The third kappa shape index (κ3) is 4.29. The second-order valence-corrected chi connectivity index (χ2v) is 7.87. The minimum absolute atomic E-state index is 0.0447. The van der Waals surface area contributed by atoms with Crippen molar-refractivity contribution in [3.8, 4) is 11.4 Å². The molecule has 1 aliphatic rings. The molecule has 8 nitrogen and oxygen atoms in total. The first-order valence-corrected chi connectivity index (χ1v) is 10.3. The lowest BCUT2D eigenvalue weighted by atomic mass is 10.2. The number of anilines is 2. The number of para-hydroxylation sites is 1. The van der Waals surface area contributed by atoms with E-state index in [1.54, 1.807) is 6.07 Å². The number of ether oxygens (including phenoxy) is 1. The Kier molecular flexibility index (Phi) is 6.10. The van der Waals surface area contributed by atoms with Gasteiger partial charge >= 0.3 is 0 Å². The highest BCUT2D eigenvalue weighted by Crippen LogP contribution is 2.32. The maximum Gasteiger partial charge on any atom is 0.284 e. The van der Waals surface area contributed by atoms with Crippen molar-refractivity contribution in [2.75, 3.05) is 23.9 Å². The number of carbonyl (C=O) groups is 1. The second-order valence-electron chi connectivity index (χ2n) is 7.87. The van der Waals surface area contributed by atoms with Crippen molar-refractivity contribution >= 4 is 17.3 Å². The van der Waals surface area contributed by atoms with Gasteiger partial charge in [0.2, 0.25) is 0 Å². The Morgan fingerprint density at radius 2 is 2.03 bits per heavy atom. The Hall–Kier alpha value is -3.79. The Morgan fingerprint density at radius 3 is 2.73 bits per heavy atom. The largest absolute Gasteiger partial charge is 0.494 e. The van der Waals surface area contributed by atoms with E-state index < -0.39 is 23.1 Å². The van der Waals surface area contributed by atoms with Gasteiger partial charge in [0, 0.05) is 24.8 Å². The molecule has 172 valence electrons. The Labute approximate surface area is 188 Å². The molecule has 1 saturated heterocycles. The number of rotatable bonds is 5. The molecule has 0 bridgehead atoms. The van der Waals surface area contributed by atoms with E-state index in [0.717, 1.165) is 17.2 Å². The summed E-state index contributed by atoms with van der Waals surface area (Å²) in [5.74, 6) is -2.00. The van der Waals surface area contributed by atoms with Crippen molar-refractivity contribution < 1.29 is 18.3 Å². The fraction of sp³-hybridized carbons (Fsp3) is 0.261. The molecule has 4 rings (SSSR count). The van der Waals surface area contributed by atoms with Crippen molar-refractivity contribution in [1.29, 1.82) is 0 Å². The lowest BCUT2D eigenvalue weighted by Gasteiger charge is -2.26. The normalized spacial score (nSPS) is 17.8. The Morgan fingerprint density at radius 1 is 1.24 bits per heavy atom. The topological polar surface area (TPSA) is 102 Å². The molecule has 3 aromatic rings. The van der Waals surface area contributed by atoms with Crippen LogP contribution in [0, 0.1) is 11.6 Å². The van der Waals surface area contributed by atoms with Gasteiger partial charge in [-0.1, -0.05) is 6.07 Å². The quantitative estimate of drug-likeness (QED) is 0.613. The average molecular weight is 455 g/mol. The number of nitrogens with zero attached hydrogens (tertiary/aromatic N) is 3. The fourth-order valence-corrected chi connectivity index (χ4v) is 4.07. The minimum atomic E-state index is -0.854. The first-order valence-electron chi connectivity index (χ1n) is 10.3. The van der Waals surface area contributed by atoms with E-state index >= 15 is 0 Å². The molecule has 1 aliphatic heterocycles. The summed E-state index contributed by atoms with van der Waals surface area (Å²) in [5, 5.41) is 6.52. The molecule has 1 amide bonds. The molecule has 2 unspecified atom stereocenters. The Balaban J connectivity index is 1.71. The summed E-state index contributed by atoms with van der Waals surface area (Å²) in [6.07, 6.45) is 1.96. The van der Waals surface area contributed by atoms with Crippen LogP contribution in [-0.4, -0.2) is 41.4 Å². The summed E-state index contributed by atoms with van der Waals surface area (Å²) in [4.78, 5) is 28.1. The van der Waals surface area contributed by atoms with Crippen LogP contribution in [0.15, 0.2) is 53.5 Å². The van der Waals surface area contributed by atoms with Crippen molar-refractivity contribution in [2.45, 2.75) is 25.4 Å². The van der Waals surface area contributed by atoms with Crippen LogP contribution in [0.2, 0.25) is 0 Å². The number of aromatic nitrogens is 2. The van der Waals surface area contributed by atoms with Gasteiger partial charge in [0.1, 0.15) is 22.8 Å². The maximum atomic E-state index is 14.5. The molecule has 0 radical (unpaired) electrons. The average Bonchev–Trinajstić information content (AvgIpc) is 3.11. The predicted molar refractivity (Wildman–Crippen MR) is 120 cm³/mol. The van der Waals surface area contributed by atoms with Crippen LogP contribution < -0.4 is 26.2 Å². The van der Waals surface area contributed by atoms with Gasteiger partial charge in [-0.3, -0.25) is 9.59 Å². The van der Waals surface area contributed by atoms with Crippen LogP contribution in [-0.2, 0) is 0 Å². The summed E-state index contributed by atoms with van der Waals surface area (Å²) in [5.41, 5.74) is 5.49. The fourth-order valence-electron chi connectivity index (χ4n) is 4.07. The lowest BCUT2D eigenvalue weighted by Crippen LogP contribution is -2.32. The van der Waals surface area contributed by atoms with Gasteiger partial charge in [0.15, 0.2) is 5.82 Å². The molecular weight excluding hydrogens is 432 g/mol. The zero-order valence-electron chi connectivity index (χ0n) is 18.1. The number of carbonyl (C=O) groups excluding carboxylic acids is 1. The SMILES string of the molecule is COc1cccc(F)c1-n1nccc(C(=O)Nc2cc(F)ccc2N2CC(N)CC2C)c1=O. The number of methoxy groups -OCH3 is 1. The molecule has 3 N–H and O–H groups in total. The second kappa shape index (κ2) is 8.99. The lowest BCUT2D eigenvalue weighted by molar-refractivity contribution is 0.102. The molecule has 0 saturated carbocycles. The van der Waals surface area contributed by atoms with Crippen LogP contribution in [0.1, 0.15) is 23.7 Å². The van der Waals surface area contributed by atoms with E-state index in [1.807, 2.05) is 11.8 Å². The minimum Gasteiger partial charge on any atom is -0.494 e. The van der Waals surface area contributed by atoms with Crippen LogP contribution >= 0.6 is 0 Å². The predicted octanol–water partition coefficient (Wildman–Crippen LogP) is 2.70. The molecule has 0 aliphatic carbocycles. The molecule has 10 heteroatoms. The standard InChI is InChI=1S/C23H23F2N5O3/c1-13-10-15(26)12-29(13)19-7-6-14(24)11-18(19)28-22(31)16-8-9-27-30(23(16)32)21-17(25)4-3-5-20(21)33-2/h3-9,11,13,15H,10,12,26H2,1-2H3,(H,28,31). The van der Waals surface area contributed by atoms with Crippen LogP contribution in [0.5, 0.6) is 5.75 Å². The molecule has 1 aromatic heterocycles. The van der Waals surface area contributed by atoms with Gasteiger partial charge in [-0.05, 0) is 49.7 Å². The first kappa shape index (κ1) is 22.4. The summed E-state index contributed by atoms with van der Waals surface area (Å²) >= 11 is 0. The molecular formula is C23H23F2N5O3. The summed E-state index contributed by atoms with van der Waals surface area (Å²) in [6, 6.07) is 9.36.